The number of nitrogens with one attached hydrogen (secondary N) is 1. The van der Waals surface area contributed by atoms with Gasteiger partial charge in [0.15, 0.2) is 11.5 Å². The summed E-state index contributed by atoms with van der Waals surface area (Å²) in [6, 6.07) is 4.41. The van der Waals surface area contributed by atoms with Crippen LogP contribution in [-0.4, -0.2) is 20.3 Å². The lowest BCUT2D eigenvalue weighted by Crippen LogP contribution is -2.10. The molecule has 0 amide bonds. The molecule has 0 fully saturated rings. The third kappa shape index (κ3) is 2.78. The third-order valence-corrected chi connectivity index (χ3v) is 2.12. The number of rotatable bonds is 4. The van der Waals surface area contributed by atoms with Crippen molar-refractivity contribution in [2.75, 3.05) is 19.5 Å². The molecule has 0 spiro atoms. The molecule has 15 heavy (non-hydrogen) atoms. The quantitative estimate of drug-likeness (QED) is 0.827. The van der Waals surface area contributed by atoms with Crippen molar-refractivity contribution in [3.8, 4) is 11.5 Å². The van der Waals surface area contributed by atoms with Crippen LogP contribution in [0.2, 0.25) is 0 Å². The summed E-state index contributed by atoms with van der Waals surface area (Å²) in [5.74, 6) is 1.56. The summed E-state index contributed by atoms with van der Waals surface area (Å²) in [6.45, 7) is 6.21. The van der Waals surface area contributed by atoms with E-state index in [9.17, 15) is 0 Å². The van der Waals surface area contributed by atoms with Gasteiger partial charge in [0.25, 0.3) is 0 Å². The smallest absolute Gasteiger partial charge is 0.163 e. The minimum atomic E-state index is 0.405. The summed E-state index contributed by atoms with van der Waals surface area (Å²) in [5, 5.41) is 3.34. The second kappa shape index (κ2) is 4.91. The Kier molecular flexibility index (Phi) is 3.83. The fraction of sp³-hybridized carbons (Fsp3) is 0.500. The molecule has 0 atom stereocenters. The van der Waals surface area contributed by atoms with E-state index in [2.05, 4.69) is 25.2 Å². The van der Waals surface area contributed by atoms with Gasteiger partial charge in [-0.1, -0.05) is 0 Å². The summed E-state index contributed by atoms with van der Waals surface area (Å²) in [4.78, 5) is 0. The fourth-order valence-corrected chi connectivity index (χ4v) is 1.57. The highest BCUT2D eigenvalue weighted by molar-refractivity contribution is 5.59. The molecule has 0 aliphatic heterocycles. The van der Waals surface area contributed by atoms with Crippen molar-refractivity contribution < 1.29 is 9.47 Å². The van der Waals surface area contributed by atoms with Crippen LogP contribution in [0.25, 0.3) is 0 Å². The van der Waals surface area contributed by atoms with Gasteiger partial charge >= 0.3 is 0 Å². The van der Waals surface area contributed by atoms with Crippen molar-refractivity contribution in [3.05, 3.63) is 17.7 Å². The Balaban J connectivity index is 3.08. The molecule has 0 heterocycles. The predicted molar refractivity (Wildman–Crippen MR) is 63.0 cm³/mol. The molecule has 0 aliphatic carbocycles. The maximum absolute atomic E-state index is 5.27. The predicted octanol–water partition coefficient (Wildman–Crippen LogP) is 2.83. The van der Waals surface area contributed by atoms with Crippen LogP contribution in [0.15, 0.2) is 12.1 Å². The van der Waals surface area contributed by atoms with Crippen LogP contribution >= 0.6 is 0 Å². The monoisotopic (exact) mass is 209 g/mol. The molecule has 1 N–H and O–H groups in total. The highest BCUT2D eigenvalue weighted by Crippen LogP contribution is 2.34. The lowest BCUT2D eigenvalue weighted by atomic mass is 10.1. The molecule has 1 aromatic carbocycles. The third-order valence-electron chi connectivity index (χ3n) is 2.12. The van der Waals surface area contributed by atoms with Crippen molar-refractivity contribution in [2.45, 2.75) is 26.8 Å². The van der Waals surface area contributed by atoms with Crippen LogP contribution in [0, 0.1) is 6.92 Å². The first-order valence-electron chi connectivity index (χ1n) is 5.07. The van der Waals surface area contributed by atoms with Crippen LogP contribution in [0.1, 0.15) is 19.4 Å². The molecule has 0 aliphatic rings. The Hall–Kier alpha value is -1.38. The SMILES string of the molecule is COc1cc(NC(C)C)cc(C)c1OC. The Morgan fingerprint density at radius 1 is 1.13 bits per heavy atom. The highest BCUT2D eigenvalue weighted by Gasteiger charge is 2.09. The van der Waals surface area contributed by atoms with Gasteiger partial charge in [0.2, 0.25) is 0 Å². The Morgan fingerprint density at radius 2 is 1.80 bits per heavy atom. The molecule has 0 saturated carbocycles. The van der Waals surface area contributed by atoms with Crippen LogP contribution in [0.4, 0.5) is 5.69 Å². The first-order chi connectivity index (χ1) is 7.08. The maximum atomic E-state index is 5.27. The first-order valence-corrected chi connectivity index (χ1v) is 5.07. The summed E-state index contributed by atoms with van der Waals surface area (Å²) < 4.78 is 10.5. The van der Waals surface area contributed by atoms with E-state index in [1.807, 2.05) is 13.0 Å². The van der Waals surface area contributed by atoms with Crippen molar-refractivity contribution >= 4 is 5.69 Å². The number of anilines is 1. The average Bonchev–Trinajstić information content (AvgIpc) is 2.15. The zero-order valence-corrected chi connectivity index (χ0v) is 10.0. The highest BCUT2D eigenvalue weighted by atomic mass is 16.5. The van der Waals surface area contributed by atoms with E-state index in [1.165, 1.54) is 0 Å². The molecule has 3 nitrogen and oxygen atoms in total. The van der Waals surface area contributed by atoms with Gasteiger partial charge in [0.1, 0.15) is 0 Å². The molecule has 0 aromatic heterocycles. The van der Waals surface area contributed by atoms with E-state index < -0.39 is 0 Å². The number of hydrogen-bond donors (Lipinski definition) is 1. The Labute approximate surface area is 91.4 Å². The standard InChI is InChI=1S/C12H19NO2/c1-8(2)13-10-6-9(3)12(15-5)11(7-10)14-4/h6-8,13H,1-5H3. The molecule has 0 bridgehead atoms. The second-order valence-electron chi connectivity index (χ2n) is 3.83. The van der Waals surface area contributed by atoms with Crippen molar-refractivity contribution in [1.29, 1.82) is 0 Å². The van der Waals surface area contributed by atoms with Crippen molar-refractivity contribution in [1.82, 2.24) is 0 Å². The number of benzene rings is 1. The zero-order chi connectivity index (χ0) is 11.4. The van der Waals surface area contributed by atoms with E-state index in [4.69, 9.17) is 9.47 Å². The largest absolute Gasteiger partial charge is 0.493 e. The van der Waals surface area contributed by atoms with Crippen molar-refractivity contribution in [3.63, 3.8) is 0 Å². The summed E-state index contributed by atoms with van der Waals surface area (Å²) in [5.41, 5.74) is 2.13. The lowest BCUT2D eigenvalue weighted by Gasteiger charge is -2.15. The van der Waals surface area contributed by atoms with Gasteiger partial charge in [0, 0.05) is 17.8 Å². The molecular weight excluding hydrogens is 190 g/mol. The van der Waals surface area contributed by atoms with Crippen LogP contribution in [0.5, 0.6) is 11.5 Å². The van der Waals surface area contributed by atoms with Gasteiger partial charge < -0.3 is 14.8 Å². The Morgan fingerprint density at radius 3 is 2.27 bits per heavy atom. The minimum Gasteiger partial charge on any atom is -0.493 e. The van der Waals surface area contributed by atoms with Crippen LogP contribution in [-0.2, 0) is 0 Å². The van der Waals surface area contributed by atoms with E-state index in [1.54, 1.807) is 14.2 Å². The number of methoxy groups -OCH3 is 2. The van der Waals surface area contributed by atoms with Gasteiger partial charge in [-0.25, -0.2) is 0 Å². The summed E-state index contributed by atoms with van der Waals surface area (Å²) in [7, 11) is 3.30. The lowest BCUT2D eigenvalue weighted by molar-refractivity contribution is 0.353. The van der Waals surface area contributed by atoms with Crippen LogP contribution in [0.3, 0.4) is 0 Å². The van der Waals surface area contributed by atoms with Gasteiger partial charge in [0.05, 0.1) is 14.2 Å². The summed E-state index contributed by atoms with van der Waals surface area (Å²) in [6.07, 6.45) is 0. The normalized spacial score (nSPS) is 10.3. The average molecular weight is 209 g/mol. The number of hydrogen-bond acceptors (Lipinski definition) is 3. The van der Waals surface area contributed by atoms with Gasteiger partial charge in [-0.3, -0.25) is 0 Å². The molecule has 84 valence electrons. The minimum absolute atomic E-state index is 0.405. The Bertz CT molecular complexity index is 335. The van der Waals surface area contributed by atoms with E-state index in [-0.39, 0.29) is 0 Å². The molecular formula is C12H19NO2. The maximum Gasteiger partial charge on any atom is 0.163 e. The molecule has 0 unspecified atom stereocenters. The first kappa shape index (κ1) is 11.7. The number of aryl methyl sites for hydroxylation is 1. The topological polar surface area (TPSA) is 30.5 Å². The second-order valence-corrected chi connectivity index (χ2v) is 3.83. The van der Waals surface area contributed by atoms with E-state index in [0.717, 1.165) is 22.7 Å². The van der Waals surface area contributed by atoms with Gasteiger partial charge in [-0.2, -0.15) is 0 Å². The zero-order valence-electron chi connectivity index (χ0n) is 10.0. The molecule has 0 radical (unpaired) electrons. The molecule has 1 aromatic rings. The van der Waals surface area contributed by atoms with Crippen LogP contribution < -0.4 is 14.8 Å². The molecule has 1 rings (SSSR count). The van der Waals surface area contributed by atoms with Gasteiger partial charge in [-0.15, -0.1) is 0 Å². The van der Waals surface area contributed by atoms with E-state index in [0.29, 0.717) is 6.04 Å². The number of ether oxygens (including phenoxy) is 2. The van der Waals surface area contributed by atoms with E-state index >= 15 is 0 Å². The molecule has 0 saturated heterocycles. The van der Waals surface area contributed by atoms with Gasteiger partial charge in [-0.05, 0) is 32.4 Å². The molecule has 3 heteroatoms. The van der Waals surface area contributed by atoms with Crippen molar-refractivity contribution in [2.24, 2.45) is 0 Å². The fourth-order valence-electron chi connectivity index (χ4n) is 1.57. The summed E-state index contributed by atoms with van der Waals surface area (Å²) >= 11 is 0.